The molecule has 3 aromatic rings. The van der Waals surface area contributed by atoms with Crippen LogP contribution in [-0.4, -0.2) is 18.9 Å². The lowest BCUT2D eigenvalue weighted by Gasteiger charge is -2.18. The molecular weight excluding hydrogens is 284 g/mol. The summed E-state index contributed by atoms with van der Waals surface area (Å²) in [7, 11) is 0. The zero-order chi connectivity index (χ0) is 15.5. The van der Waals surface area contributed by atoms with Gasteiger partial charge in [0.15, 0.2) is 0 Å². The van der Waals surface area contributed by atoms with Gasteiger partial charge in [0.25, 0.3) is 0 Å². The van der Waals surface area contributed by atoms with Crippen molar-refractivity contribution in [2.24, 2.45) is 4.99 Å². The zero-order valence-corrected chi connectivity index (χ0v) is 12.8. The minimum Gasteiger partial charge on any atom is -0.456 e. The van der Waals surface area contributed by atoms with Gasteiger partial charge in [0, 0.05) is 18.5 Å². The Kier molecular flexibility index (Phi) is 3.68. The van der Waals surface area contributed by atoms with Crippen LogP contribution in [0.3, 0.4) is 0 Å². The number of aliphatic imine (C=N–C) groups is 1. The molecule has 0 bridgehead atoms. The quantitative estimate of drug-likeness (QED) is 0.779. The van der Waals surface area contributed by atoms with Gasteiger partial charge in [-0.1, -0.05) is 48.5 Å². The molecule has 0 fully saturated rings. The highest BCUT2D eigenvalue weighted by atomic mass is 16.5. The fourth-order valence-electron chi connectivity index (χ4n) is 2.87. The van der Waals surface area contributed by atoms with Gasteiger partial charge in [0.2, 0.25) is 0 Å². The molecular formula is C20H18N2O. The molecule has 1 N–H and O–H groups in total. The van der Waals surface area contributed by atoms with Crippen molar-refractivity contribution in [2.75, 3.05) is 13.1 Å². The lowest BCUT2D eigenvalue weighted by Crippen LogP contribution is -2.30. The number of nitrogens with zero attached hydrogens (tertiary/aromatic N) is 1. The van der Waals surface area contributed by atoms with Crippen LogP contribution in [0.1, 0.15) is 12.0 Å². The number of fused-ring (bicyclic) bond motifs is 1. The lowest BCUT2D eigenvalue weighted by molar-refractivity contribution is 0.486. The molecule has 1 heterocycles. The van der Waals surface area contributed by atoms with E-state index in [0.29, 0.717) is 0 Å². The summed E-state index contributed by atoms with van der Waals surface area (Å²) in [6.45, 7) is 1.83. The van der Waals surface area contributed by atoms with Gasteiger partial charge in [-0.2, -0.15) is 0 Å². The van der Waals surface area contributed by atoms with E-state index < -0.39 is 0 Å². The molecule has 0 aliphatic carbocycles. The molecule has 3 aromatic carbocycles. The summed E-state index contributed by atoms with van der Waals surface area (Å²) < 4.78 is 6.26. The lowest BCUT2D eigenvalue weighted by atomic mass is 10.1. The number of nitrogens with one attached hydrogen (secondary N) is 1. The summed E-state index contributed by atoms with van der Waals surface area (Å²) in [4.78, 5) is 4.59. The first kappa shape index (κ1) is 13.8. The fourth-order valence-corrected chi connectivity index (χ4v) is 2.87. The average molecular weight is 302 g/mol. The Hall–Kier alpha value is -2.81. The van der Waals surface area contributed by atoms with Crippen molar-refractivity contribution in [1.29, 1.82) is 0 Å². The van der Waals surface area contributed by atoms with Crippen molar-refractivity contribution in [3.05, 3.63) is 72.3 Å². The maximum Gasteiger partial charge on any atom is 0.138 e. The molecule has 4 rings (SSSR count). The monoisotopic (exact) mass is 302 g/mol. The van der Waals surface area contributed by atoms with Gasteiger partial charge in [-0.05, 0) is 30.0 Å². The summed E-state index contributed by atoms with van der Waals surface area (Å²) in [6.07, 6.45) is 1.08. The van der Waals surface area contributed by atoms with E-state index in [9.17, 15) is 0 Å². The predicted molar refractivity (Wildman–Crippen MR) is 94.5 cm³/mol. The van der Waals surface area contributed by atoms with Crippen molar-refractivity contribution < 1.29 is 4.74 Å². The van der Waals surface area contributed by atoms with Crippen LogP contribution in [0.15, 0.2) is 71.7 Å². The number of para-hydroxylation sites is 1. The molecule has 0 atom stereocenters. The van der Waals surface area contributed by atoms with Crippen molar-refractivity contribution >= 4 is 16.6 Å². The van der Waals surface area contributed by atoms with E-state index >= 15 is 0 Å². The number of amidine groups is 1. The minimum atomic E-state index is 0.831. The number of hydrogen-bond acceptors (Lipinski definition) is 3. The van der Waals surface area contributed by atoms with Crippen LogP contribution in [0.4, 0.5) is 0 Å². The molecule has 0 spiro atoms. The average Bonchev–Trinajstić information content (AvgIpc) is 2.63. The van der Waals surface area contributed by atoms with Crippen LogP contribution in [-0.2, 0) is 0 Å². The summed E-state index contributed by atoms with van der Waals surface area (Å²) in [5, 5.41) is 5.66. The Labute approximate surface area is 135 Å². The van der Waals surface area contributed by atoms with Gasteiger partial charge >= 0.3 is 0 Å². The van der Waals surface area contributed by atoms with Crippen molar-refractivity contribution in [3.8, 4) is 11.5 Å². The topological polar surface area (TPSA) is 33.6 Å². The van der Waals surface area contributed by atoms with Gasteiger partial charge in [-0.25, -0.2) is 0 Å². The maximum atomic E-state index is 6.26. The van der Waals surface area contributed by atoms with Crippen LogP contribution < -0.4 is 10.1 Å². The fraction of sp³-hybridized carbons (Fsp3) is 0.150. The van der Waals surface area contributed by atoms with Crippen molar-refractivity contribution in [2.45, 2.75) is 6.42 Å². The van der Waals surface area contributed by atoms with Gasteiger partial charge < -0.3 is 10.1 Å². The third kappa shape index (κ3) is 2.78. The molecule has 0 saturated heterocycles. The maximum absolute atomic E-state index is 6.26. The van der Waals surface area contributed by atoms with E-state index in [2.05, 4.69) is 34.6 Å². The first-order valence-electron chi connectivity index (χ1n) is 7.95. The number of hydrogen-bond donors (Lipinski definition) is 1. The first-order valence-corrected chi connectivity index (χ1v) is 7.95. The largest absolute Gasteiger partial charge is 0.456 e. The molecule has 0 saturated carbocycles. The summed E-state index contributed by atoms with van der Waals surface area (Å²) in [5.41, 5.74) is 1.01. The smallest absolute Gasteiger partial charge is 0.138 e. The predicted octanol–water partition coefficient (Wildman–Crippen LogP) is 4.37. The van der Waals surface area contributed by atoms with E-state index in [1.165, 1.54) is 5.39 Å². The molecule has 0 aromatic heterocycles. The third-order valence-electron chi connectivity index (χ3n) is 4.01. The molecule has 0 radical (unpaired) electrons. The molecule has 23 heavy (non-hydrogen) atoms. The van der Waals surface area contributed by atoms with Crippen LogP contribution in [0, 0.1) is 0 Å². The molecule has 3 nitrogen and oxygen atoms in total. The van der Waals surface area contributed by atoms with Crippen LogP contribution >= 0.6 is 0 Å². The van der Waals surface area contributed by atoms with E-state index in [1.54, 1.807) is 0 Å². The van der Waals surface area contributed by atoms with Gasteiger partial charge in [0.05, 0.1) is 5.56 Å². The second kappa shape index (κ2) is 6.13. The summed E-state index contributed by atoms with van der Waals surface area (Å²) >= 11 is 0. The highest BCUT2D eigenvalue weighted by Crippen LogP contribution is 2.31. The summed E-state index contributed by atoms with van der Waals surface area (Å²) in [6, 6.07) is 22.5. The Morgan fingerprint density at radius 1 is 0.826 bits per heavy atom. The molecule has 114 valence electrons. The van der Waals surface area contributed by atoms with Gasteiger partial charge in [-0.15, -0.1) is 0 Å². The van der Waals surface area contributed by atoms with Gasteiger partial charge in [0.1, 0.15) is 17.3 Å². The van der Waals surface area contributed by atoms with Crippen LogP contribution in [0.5, 0.6) is 11.5 Å². The van der Waals surface area contributed by atoms with Crippen LogP contribution in [0.2, 0.25) is 0 Å². The molecule has 1 aliphatic rings. The Bertz CT molecular complexity index is 865. The molecule has 0 unspecified atom stereocenters. The standard InChI is InChI=1S/C20H18N2O/c1-2-9-16-15(7-1)8-5-12-18(16)23-19-11-4-3-10-17(19)20-21-13-6-14-22-20/h1-5,7-12H,6,13-14H2,(H,21,22). The molecule has 0 amide bonds. The Morgan fingerprint density at radius 2 is 1.61 bits per heavy atom. The highest BCUT2D eigenvalue weighted by Gasteiger charge is 2.13. The van der Waals surface area contributed by atoms with Crippen LogP contribution in [0.25, 0.3) is 10.8 Å². The van der Waals surface area contributed by atoms with E-state index in [1.807, 2.05) is 42.5 Å². The highest BCUT2D eigenvalue weighted by molar-refractivity contribution is 6.01. The number of rotatable bonds is 3. The molecule has 3 heteroatoms. The molecule has 1 aliphatic heterocycles. The number of ether oxygens (including phenoxy) is 1. The SMILES string of the molecule is c1ccc(C2=NCCCN2)c(Oc2cccc3ccccc23)c1. The Morgan fingerprint density at radius 3 is 2.52 bits per heavy atom. The zero-order valence-electron chi connectivity index (χ0n) is 12.8. The normalized spacial score (nSPS) is 14.2. The summed E-state index contributed by atoms with van der Waals surface area (Å²) in [5.74, 6) is 2.62. The van der Waals surface area contributed by atoms with Crippen molar-refractivity contribution in [3.63, 3.8) is 0 Å². The second-order valence-electron chi connectivity index (χ2n) is 5.59. The van der Waals surface area contributed by atoms with Crippen molar-refractivity contribution in [1.82, 2.24) is 5.32 Å². The minimum absolute atomic E-state index is 0.831. The van der Waals surface area contributed by atoms with E-state index in [-0.39, 0.29) is 0 Å². The third-order valence-corrected chi connectivity index (χ3v) is 4.01. The van der Waals surface area contributed by atoms with E-state index in [0.717, 1.165) is 47.8 Å². The number of benzene rings is 3. The first-order chi connectivity index (χ1) is 11.4. The second-order valence-corrected chi connectivity index (χ2v) is 5.59. The Balaban J connectivity index is 1.75. The van der Waals surface area contributed by atoms with Gasteiger partial charge in [-0.3, -0.25) is 4.99 Å². The van der Waals surface area contributed by atoms with E-state index in [4.69, 9.17) is 4.74 Å².